The highest BCUT2D eigenvalue weighted by Gasteiger charge is 2.43. The molecule has 0 saturated carbocycles. The topological polar surface area (TPSA) is 73.7 Å². The summed E-state index contributed by atoms with van der Waals surface area (Å²) in [4.78, 5) is 1.11. The molecule has 2 saturated heterocycles. The van der Waals surface area contributed by atoms with Crippen molar-refractivity contribution in [3.8, 4) is 10.6 Å². The van der Waals surface area contributed by atoms with Gasteiger partial charge in [0.25, 0.3) is 0 Å². The van der Waals surface area contributed by atoms with E-state index in [4.69, 9.17) is 9.47 Å². The second-order valence-corrected chi connectivity index (χ2v) is 8.86. The zero-order chi connectivity index (χ0) is 16.8. The molecule has 24 heavy (non-hydrogen) atoms. The van der Waals surface area contributed by atoms with Crippen LogP contribution >= 0.6 is 11.3 Å². The Kier molecular flexibility index (Phi) is 4.00. The molecule has 0 bridgehead atoms. The lowest BCUT2D eigenvalue weighted by molar-refractivity contribution is -0.179. The molecule has 130 valence electrons. The van der Waals surface area contributed by atoms with Crippen LogP contribution in [0.3, 0.4) is 0 Å². The highest BCUT2D eigenvalue weighted by molar-refractivity contribution is 7.89. The van der Waals surface area contributed by atoms with Gasteiger partial charge in [0.05, 0.1) is 18.1 Å². The minimum Gasteiger partial charge on any atom is -0.347 e. The molecule has 2 aliphatic heterocycles. The van der Waals surface area contributed by atoms with Gasteiger partial charge in [-0.05, 0) is 11.4 Å². The normalized spacial score (nSPS) is 21.5. The maximum absolute atomic E-state index is 13.1. The molecule has 4 rings (SSSR count). The Hall–Kier alpha value is -1.26. The molecular formula is C15H19N3O4S2. The zero-order valence-electron chi connectivity index (χ0n) is 13.3. The van der Waals surface area contributed by atoms with Crippen molar-refractivity contribution in [3.05, 3.63) is 23.7 Å². The van der Waals surface area contributed by atoms with E-state index in [0.717, 1.165) is 4.88 Å². The van der Waals surface area contributed by atoms with Crippen LogP contribution in [-0.4, -0.2) is 54.6 Å². The number of nitrogens with zero attached hydrogens (tertiary/aromatic N) is 3. The molecule has 2 aromatic heterocycles. The number of aromatic nitrogens is 2. The Bertz CT molecular complexity index is 813. The van der Waals surface area contributed by atoms with Crippen molar-refractivity contribution >= 4 is 21.4 Å². The first-order valence-corrected chi connectivity index (χ1v) is 10.2. The van der Waals surface area contributed by atoms with E-state index in [-0.39, 0.29) is 4.90 Å². The van der Waals surface area contributed by atoms with Crippen LogP contribution in [0.4, 0.5) is 0 Å². The standard InChI is InChI=1S/C15H19N3O4S2/c1-17-11-13(14(16-17)12-3-2-10-23-12)24(19,20)18-6-4-15(5-7-18)21-8-9-22-15/h2-3,10-11H,4-9H2,1H3. The summed E-state index contributed by atoms with van der Waals surface area (Å²) >= 11 is 1.48. The number of hydrogen-bond acceptors (Lipinski definition) is 6. The van der Waals surface area contributed by atoms with Gasteiger partial charge in [0.1, 0.15) is 10.6 Å². The largest absolute Gasteiger partial charge is 0.347 e. The number of rotatable bonds is 3. The van der Waals surface area contributed by atoms with Gasteiger partial charge in [-0.25, -0.2) is 8.42 Å². The molecule has 0 N–H and O–H groups in total. The fourth-order valence-electron chi connectivity index (χ4n) is 3.23. The van der Waals surface area contributed by atoms with Crippen molar-refractivity contribution in [2.24, 2.45) is 7.05 Å². The Morgan fingerprint density at radius 2 is 1.96 bits per heavy atom. The van der Waals surface area contributed by atoms with E-state index in [9.17, 15) is 8.42 Å². The van der Waals surface area contributed by atoms with Crippen LogP contribution in [0.25, 0.3) is 10.6 Å². The molecular weight excluding hydrogens is 350 g/mol. The van der Waals surface area contributed by atoms with Gasteiger partial charge in [0.2, 0.25) is 10.0 Å². The van der Waals surface area contributed by atoms with Gasteiger partial charge < -0.3 is 9.47 Å². The summed E-state index contributed by atoms with van der Waals surface area (Å²) in [5.74, 6) is -0.586. The summed E-state index contributed by atoms with van der Waals surface area (Å²) in [5.41, 5.74) is 0.515. The maximum Gasteiger partial charge on any atom is 0.246 e. The summed E-state index contributed by atoms with van der Waals surface area (Å²) in [6.45, 7) is 1.94. The van der Waals surface area contributed by atoms with Crippen LogP contribution in [-0.2, 0) is 26.5 Å². The molecule has 9 heteroatoms. The summed E-state index contributed by atoms with van der Waals surface area (Å²) in [6.07, 6.45) is 2.69. The van der Waals surface area contributed by atoms with Crippen molar-refractivity contribution in [2.75, 3.05) is 26.3 Å². The average molecular weight is 369 g/mol. The molecule has 0 amide bonds. The molecule has 0 aliphatic carbocycles. The van der Waals surface area contributed by atoms with Gasteiger partial charge in [-0.2, -0.15) is 9.40 Å². The molecule has 0 atom stereocenters. The lowest BCUT2D eigenvalue weighted by Gasteiger charge is -2.36. The number of thiophene rings is 1. The van der Waals surface area contributed by atoms with E-state index in [2.05, 4.69) is 5.10 Å². The van der Waals surface area contributed by atoms with Crippen molar-refractivity contribution in [3.63, 3.8) is 0 Å². The second-order valence-electron chi connectivity index (χ2n) is 6.00. The Labute approximate surface area is 144 Å². The van der Waals surface area contributed by atoms with E-state index in [1.54, 1.807) is 17.9 Å². The van der Waals surface area contributed by atoms with Crippen LogP contribution < -0.4 is 0 Å². The van der Waals surface area contributed by atoms with E-state index in [1.807, 2.05) is 17.5 Å². The molecule has 2 fully saturated rings. The molecule has 0 radical (unpaired) electrons. The summed E-state index contributed by atoms with van der Waals surface area (Å²) < 4.78 is 40.6. The molecule has 0 aromatic carbocycles. The van der Waals surface area contributed by atoms with Gasteiger partial charge in [-0.15, -0.1) is 11.3 Å². The predicted molar refractivity (Wildman–Crippen MR) is 89.1 cm³/mol. The van der Waals surface area contributed by atoms with E-state index in [1.165, 1.54) is 15.6 Å². The van der Waals surface area contributed by atoms with Gasteiger partial charge in [0.15, 0.2) is 5.79 Å². The van der Waals surface area contributed by atoms with Gasteiger partial charge in [-0.3, -0.25) is 4.68 Å². The number of ether oxygens (including phenoxy) is 2. The quantitative estimate of drug-likeness (QED) is 0.823. The SMILES string of the molecule is Cn1cc(S(=O)(=O)N2CCC3(CC2)OCCO3)c(-c2cccs2)n1. The maximum atomic E-state index is 13.1. The van der Waals surface area contributed by atoms with Crippen LogP contribution in [0.1, 0.15) is 12.8 Å². The van der Waals surface area contributed by atoms with E-state index < -0.39 is 15.8 Å². The number of aryl methyl sites for hydroxylation is 1. The van der Waals surface area contributed by atoms with E-state index >= 15 is 0 Å². The second kappa shape index (κ2) is 5.92. The highest BCUT2D eigenvalue weighted by atomic mass is 32.2. The number of piperidine rings is 1. The fourth-order valence-corrected chi connectivity index (χ4v) is 5.64. The van der Waals surface area contributed by atoms with Gasteiger partial charge >= 0.3 is 0 Å². The van der Waals surface area contributed by atoms with Crippen LogP contribution in [0.2, 0.25) is 0 Å². The summed E-state index contributed by atoms with van der Waals surface area (Å²) in [7, 11) is -1.86. The van der Waals surface area contributed by atoms with Crippen LogP contribution in [0, 0.1) is 0 Å². The molecule has 7 nitrogen and oxygen atoms in total. The van der Waals surface area contributed by atoms with Crippen LogP contribution in [0.15, 0.2) is 28.6 Å². The van der Waals surface area contributed by atoms with Crippen LogP contribution in [0.5, 0.6) is 0 Å². The first-order valence-electron chi connectivity index (χ1n) is 7.86. The molecule has 0 unspecified atom stereocenters. The third-order valence-corrected chi connectivity index (χ3v) is 7.24. The first kappa shape index (κ1) is 16.2. The fraction of sp³-hybridized carbons (Fsp3) is 0.533. The lowest BCUT2D eigenvalue weighted by Crippen LogP contribution is -2.47. The van der Waals surface area contributed by atoms with Crippen molar-refractivity contribution in [1.82, 2.24) is 14.1 Å². The van der Waals surface area contributed by atoms with Gasteiger partial charge in [0, 0.05) is 39.2 Å². The minimum absolute atomic E-state index is 0.261. The summed E-state index contributed by atoms with van der Waals surface area (Å²) in [6, 6.07) is 3.78. The van der Waals surface area contributed by atoms with E-state index in [0.29, 0.717) is 44.8 Å². The van der Waals surface area contributed by atoms with Crippen molar-refractivity contribution < 1.29 is 17.9 Å². The Balaban J connectivity index is 1.62. The third kappa shape index (κ3) is 2.70. The summed E-state index contributed by atoms with van der Waals surface area (Å²) in [5, 5.41) is 6.27. The monoisotopic (exact) mass is 369 g/mol. The predicted octanol–water partition coefficient (Wildman–Crippen LogP) is 1.68. The number of hydrogen-bond donors (Lipinski definition) is 0. The lowest BCUT2D eigenvalue weighted by atomic mass is 10.1. The third-order valence-electron chi connectivity index (χ3n) is 4.47. The average Bonchev–Trinajstić information content (AvgIpc) is 3.28. The smallest absolute Gasteiger partial charge is 0.246 e. The zero-order valence-corrected chi connectivity index (χ0v) is 15.0. The molecule has 4 heterocycles. The molecule has 2 aromatic rings. The van der Waals surface area contributed by atoms with Crippen molar-refractivity contribution in [1.29, 1.82) is 0 Å². The minimum atomic E-state index is -3.60. The van der Waals surface area contributed by atoms with Gasteiger partial charge in [-0.1, -0.05) is 6.07 Å². The first-order chi connectivity index (χ1) is 11.5. The Morgan fingerprint density at radius 3 is 2.58 bits per heavy atom. The molecule has 2 aliphatic rings. The number of sulfonamides is 1. The Morgan fingerprint density at radius 1 is 1.25 bits per heavy atom. The van der Waals surface area contributed by atoms with Crippen molar-refractivity contribution in [2.45, 2.75) is 23.5 Å². The molecule has 1 spiro atoms. The highest BCUT2D eigenvalue weighted by Crippen LogP contribution is 2.36.